The molecule has 1 spiro atoms. The lowest BCUT2D eigenvalue weighted by atomic mass is 9.70. The number of aliphatic hydroxyl groups excluding tert-OH is 1. The van der Waals surface area contributed by atoms with Gasteiger partial charge in [0.05, 0.1) is 16.6 Å². The highest BCUT2D eigenvalue weighted by atomic mass is 79.9. The molecule has 6 atom stereocenters. The quantitative estimate of drug-likeness (QED) is 0.161. The van der Waals surface area contributed by atoms with Crippen molar-refractivity contribution in [1.29, 1.82) is 0 Å². The molecule has 3 heterocycles. The third-order valence-corrected chi connectivity index (χ3v) is 11.9. The van der Waals surface area contributed by atoms with E-state index < -0.39 is 22.6 Å². The van der Waals surface area contributed by atoms with Crippen LogP contribution in [0.1, 0.15) is 51.0 Å². The van der Waals surface area contributed by atoms with Crippen LogP contribution in [0.5, 0.6) is 0 Å². The van der Waals surface area contributed by atoms with Gasteiger partial charge in [-0.3, -0.25) is 14.4 Å². The van der Waals surface area contributed by atoms with E-state index in [-0.39, 0.29) is 34.4 Å². The van der Waals surface area contributed by atoms with Gasteiger partial charge in [-0.05, 0) is 37.7 Å². The highest BCUT2D eigenvalue weighted by Gasteiger charge is 2.75. The Hall–Kier alpha value is -2.10. The molecule has 3 aliphatic heterocycles. The summed E-state index contributed by atoms with van der Waals surface area (Å²) < 4.78 is -0.664. The summed E-state index contributed by atoms with van der Waals surface area (Å²) in [4.78, 5) is 48.6. The Balaban J connectivity index is 1.70. The summed E-state index contributed by atoms with van der Waals surface area (Å²) in [6, 6.07) is 9.25. The van der Waals surface area contributed by atoms with Gasteiger partial charge in [-0.1, -0.05) is 71.8 Å². The average molecular weight is 647 g/mol. The standard InChI is InChI=1S/C32H44BrN3O4S/c1-4-7-18-34(16-5-2)31(40)28-32-21-24(33)27(41-32)25(26(32)30(39)36(28)19-12-9-13-20-37)29(38)35(17-6-3)22-23-14-10-8-11-15-23/h5-6,8,10-11,14-15,24-28,37H,2-4,7,9,12-13,16-22H2,1H3/t24?,25-,26-,27-,28?,32?/m0/s1. The number of aliphatic hydroxyl groups is 1. The number of halogens is 1. The highest BCUT2D eigenvalue weighted by molar-refractivity contribution is 9.09. The molecule has 3 unspecified atom stereocenters. The molecule has 4 rings (SSSR count). The van der Waals surface area contributed by atoms with Gasteiger partial charge in [-0.2, -0.15) is 0 Å². The first-order chi connectivity index (χ1) is 19.8. The molecular formula is C32H44BrN3O4S. The molecular weight excluding hydrogens is 602 g/mol. The topological polar surface area (TPSA) is 81.2 Å². The number of likely N-dealkylation sites (tertiary alicyclic amines) is 1. The predicted molar refractivity (Wildman–Crippen MR) is 169 cm³/mol. The number of amides is 3. The Morgan fingerprint density at radius 3 is 2.46 bits per heavy atom. The monoisotopic (exact) mass is 645 g/mol. The van der Waals surface area contributed by atoms with Crippen LogP contribution in [0.2, 0.25) is 0 Å². The Morgan fingerprint density at radius 1 is 1.10 bits per heavy atom. The van der Waals surface area contributed by atoms with E-state index in [4.69, 9.17) is 0 Å². The van der Waals surface area contributed by atoms with E-state index >= 15 is 0 Å². The molecule has 0 saturated carbocycles. The molecule has 3 aliphatic rings. The van der Waals surface area contributed by atoms with E-state index in [9.17, 15) is 19.5 Å². The van der Waals surface area contributed by atoms with Gasteiger partial charge in [0.2, 0.25) is 17.7 Å². The smallest absolute Gasteiger partial charge is 0.247 e. The van der Waals surface area contributed by atoms with Crippen molar-refractivity contribution >= 4 is 45.4 Å². The minimum absolute atomic E-state index is 0.0286. The van der Waals surface area contributed by atoms with Gasteiger partial charge >= 0.3 is 0 Å². The number of thioether (sulfide) groups is 1. The zero-order valence-electron chi connectivity index (χ0n) is 24.1. The van der Waals surface area contributed by atoms with Gasteiger partial charge in [0.25, 0.3) is 0 Å². The Morgan fingerprint density at radius 2 is 1.80 bits per heavy atom. The first-order valence-corrected chi connectivity index (χ1v) is 16.7. The van der Waals surface area contributed by atoms with Crippen molar-refractivity contribution in [3.05, 3.63) is 61.2 Å². The number of hydrogen-bond acceptors (Lipinski definition) is 5. The maximum Gasteiger partial charge on any atom is 0.247 e. The van der Waals surface area contributed by atoms with E-state index in [0.717, 1.165) is 24.8 Å². The average Bonchev–Trinajstić information content (AvgIpc) is 3.56. The fourth-order valence-corrected chi connectivity index (χ4v) is 10.5. The number of carbonyl (C=O) groups excluding carboxylic acids is 3. The fraction of sp³-hybridized carbons (Fsp3) is 0.594. The number of fused-ring (bicyclic) bond motifs is 1. The summed E-state index contributed by atoms with van der Waals surface area (Å²) in [5, 5.41) is 9.21. The van der Waals surface area contributed by atoms with E-state index in [1.165, 1.54) is 0 Å². The molecule has 2 bridgehead atoms. The van der Waals surface area contributed by atoms with Gasteiger partial charge < -0.3 is 19.8 Å². The van der Waals surface area contributed by atoms with Crippen molar-refractivity contribution in [3.8, 4) is 0 Å². The van der Waals surface area contributed by atoms with E-state index in [1.54, 1.807) is 33.7 Å². The van der Waals surface area contributed by atoms with Crippen LogP contribution in [-0.2, 0) is 20.9 Å². The number of alkyl halides is 1. The second-order valence-corrected chi connectivity index (χ2v) is 14.1. The SMILES string of the molecule is C=CCN(CCCC)C(=O)C1N(CCCCCO)C(=O)[C@@H]2[C@H](C(=O)N(CC=C)Cc3ccccc3)[C@H]3SC12CC3Br. The third-order valence-electron chi connectivity index (χ3n) is 8.69. The molecule has 7 nitrogen and oxygen atoms in total. The van der Waals surface area contributed by atoms with Crippen LogP contribution in [0.4, 0.5) is 0 Å². The molecule has 1 aromatic carbocycles. The second-order valence-electron chi connectivity index (χ2n) is 11.4. The fourth-order valence-electron chi connectivity index (χ4n) is 6.87. The molecule has 9 heteroatoms. The Kier molecular flexibility index (Phi) is 11.2. The first-order valence-electron chi connectivity index (χ1n) is 14.9. The Bertz CT molecular complexity index is 1100. The summed E-state index contributed by atoms with van der Waals surface area (Å²) in [5.41, 5.74) is 1.02. The van der Waals surface area contributed by atoms with Crippen LogP contribution in [0.3, 0.4) is 0 Å². The number of carbonyl (C=O) groups is 3. The van der Waals surface area contributed by atoms with E-state index in [1.807, 2.05) is 35.2 Å². The molecule has 0 radical (unpaired) electrons. The molecule has 41 heavy (non-hydrogen) atoms. The summed E-state index contributed by atoms with van der Waals surface area (Å²) in [5.74, 6) is -1.23. The number of unbranched alkanes of at least 4 members (excludes halogenated alkanes) is 3. The number of nitrogens with zero attached hydrogens (tertiary/aromatic N) is 3. The molecule has 0 aliphatic carbocycles. The van der Waals surface area contributed by atoms with Gasteiger partial charge in [-0.25, -0.2) is 0 Å². The summed E-state index contributed by atoms with van der Waals surface area (Å²) in [6.07, 6.45) is 8.13. The normalized spacial score (nSPS) is 28.0. The molecule has 3 saturated heterocycles. The van der Waals surface area contributed by atoms with E-state index in [0.29, 0.717) is 52.0 Å². The summed E-state index contributed by atoms with van der Waals surface area (Å²) >= 11 is 5.57. The maximum atomic E-state index is 14.4. The van der Waals surface area contributed by atoms with Crippen molar-refractivity contribution in [2.75, 3.05) is 32.8 Å². The van der Waals surface area contributed by atoms with Crippen molar-refractivity contribution in [1.82, 2.24) is 14.7 Å². The maximum absolute atomic E-state index is 14.4. The van der Waals surface area contributed by atoms with Gasteiger partial charge in [0.15, 0.2) is 0 Å². The lowest BCUT2D eigenvalue weighted by molar-refractivity contribution is -0.145. The zero-order chi connectivity index (χ0) is 29.6. The first kappa shape index (κ1) is 31.8. The van der Waals surface area contributed by atoms with Crippen molar-refractivity contribution in [2.24, 2.45) is 11.8 Å². The van der Waals surface area contributed by atoms with Gasteiger partial charge in [-0.15, -0.1) is 24.9 Å². The molecule has 3 fully saturated rings. The number of hydrogen-bond donors (Lipinski definition) is 1. The van der Waals surface area contributed by atoms with Crippen LogP contribution in [-0.4, -0.2) is 91.2 Å². The number of benzene rings is 1. The summed E-state index contributed by atoms with van der Waals surface area (Å²) in [7, 11) is 0. The lowest BCUT2D eigenvalue weighted by Crippen LogP contribution is -2.56. The molecule has 1 N–H and O–H groups in total. The molecule has 1 aromatic rings. The summed E-state index contributed by atoms with van der Waals surface area (Å²) in [6.45, 7) is 12.3. The zero-order valence-corrected chi connectivity index (χ0v) is 26.5. The molecule has 3 amide bonds. The van der Waals surface area contributed by atoms with Gasteiger partial charge in [0, 0.05) is 49.4 Å². The molecule has 224 valence electrons. The highest BCUT2D eigenvalue weighted by Crippen LogP contribution is 2.68. The van der Waals surface area contributed by atoms with E-state index in [2.05, 4.69) is 36.0 Å². The molecule has 0 aromatic heterocycles. The lowest BCUT2D eigenvalue weighted by Gasteiger charge is -2.38. The number of rotatable bonds is 16. The second kappa shape index (κ2) is 14.4. The Labute approximate surface area is 257 Å². The minimum Gasteiger partial charge on any atom is -0.396 e. The third kappa shape index (κ3) is 6.32. The van der Waals surface area contributed by atoms with Crippen LogP contribution in [0.15, 0.2) is 55.6 Å². The van der Waals surface area contributed by atoms with Crippen molar-refractivity contribution in [2.45, 2.75) is 72.9 Å². The van der Waals surface area contributed by atoms with Crippen molar-refractivity contribution < 1.29 is 19.5 Å². The van der Waals surface area contributed by atoms with Crippen LogP contribution >= 0.6 is 27.7 Å². The van der Waals surface area contributed by atoms with Crippen LogP contribution in [0.25, 0.3) is 0 Å². The minimum atomic E-state index is -0.664. The van der Waals surface area contributed by atoms with Crippen LogP contribution in [0, 0.1) is 11.8 Å². The van der Waals surface area contributed by atoms with Crippen LogP contribution < -0.4 is 0 Å². The predicted octanol–water partition coefficient (Wildman–Crippen LogP) is 4.64. The van der Waals surface area contributed by atoms with Gasteiger partial charge in [0.1, 0.15) is 6.04 Å². The van der Waals surface area contributed by atoms with Crippen molar-refractivity contribution in [3.63, 3.8) is 0 Å². The largest absolute Gasteiger partial charge is 0.396 e.